The van der Waals surface area contributed by atoms with Gasteiger partial charge in [0.25, 0.3) is 0 Å². The van der Waals surface area contributed by atoms with Crippen molar-refractivity contribution in [2.45, 2.75) is 57.8 Å². The summed E-state index contributed by atoms with van der Waals surface area (Å²) in [6.07, 6.45) is 3.34. The molecule has 0 unspecified atom stereocenters. The third kappa shape index (κ3) is 4.86. The lowest BCUT2D eigenvalue weighted by Gasteiger charge is -2.39. The summed E-state index contributed by atoms with van der Waals surface area (Å²) in [7, 11) is -3.74. The Morgan fingerprint density at radius 1 is 1.06 bits per heavy atom. The number of hydrogen-bond acceptors (Lipinski definition) is 4. The van der Waals surface area contributed by atoms with E-state index >= 15 is 0 Å². The van der Waals surface area contributed by atoms with Gasteiger partial charge in [0.05, 0.1) is 4.90 Å². The van der Waals surface area contributed by atoms with Gasteiger partial charge in [-0.25, -0.2) is 8.42 Å². The molecule has 7 nitrogen and oxygen atoms in total. The SMILES string of the molecule is CCC(=O)N1CCc2cc(Br)c(S(=O)(=O)N3CCC(C(=O)N4C[C@H](C)C[C@@H](C)C4)CC3)cc21. The van der Waals surface area contributed by atoms with Crippen LogP contribution in [0.5, 0.6) is 0 Å². The quantitative estimate of drug-likeness (QED) is 0.584. The number of rotatable bonds is 4. The summed E-state index contributed by atoms with van der Waals surface area (Å²) in [5.41, 5.74) is 1.68. The van der Waals surface area contributed by atoms with Crippen LogP contribution in [0.3, 0.4) is 0 Å². The van der Waals surface area contributed by atoms with Gasteiger partial charge in [0.1, 0.15) is 0 Å². The van der Waals surface area contributed by atoms with Crippen LogP contribution < -0.4 is 4.90 Å². The van der Waals surface area contributed by atoms with Crippen LogP contribution in [0.25, 0.3) is 0 Å². The topological polar surface area (TPSA) is 78.0 Å². The van der Waals surface area contributed by atoms with Crippen LogP contribution in [0.1, 0.15) is 52.0 Å². The molecule has 2 atom stereocenters. The van der Waals surface area contributed by atoms with Crippen molar-refractivity contribution in [2.75, 3.05) is 37.6 Å². The smallest absolute Gasteiger partial charge is 0.244 e. The molecule has 0 N–H and O–H groups in total. The van der Waals surface area contributed by atoms with E-state index in [1.165, 1.54) is 4.31 Å². The van der Waals surface area contributed by atoms with Crippen LogP contribution >= 0.6 is 15.9 Å². The summed E-state index contributed by atoms with van der Waals surface area (Å²) in [6.45, 7) is 9.04. The van der Waals surface area contributed by atoms with Crippen molar-refractivity contribution in [3.05, 3.63) is 22.2 Å². The van der Waals surface area contributed by atoms with Crippen molar-refractivity contribution in [2.24, 2.45) is 17.8 Å². The molecular formula is C24H34BrN3O4S. The van der Waals surface area contributed by atoms with E-state index in [4.69, 9.17) is 0 Å². The fourth-order valence-electron chi connectivity index (χ4n) is 5.62. The maximum Gasteiger partial charge on any atom is 0.244 e. The zero-order valence-corrected chi connectivity index (χ0v) is 22.1. The Bertz CT molecular complexity index is 1030. The highest BCUT2D eigenvalue weighted by Gasteiger charge is 2.37. The zero-order chi connectivity index (χ0) is 23.9. The van der Waals surface area contributed by atoms with Crippen molar-refractivity contribution in [1.29, 1.82) is 0 Å². The predicted octanol–water partition coefficient (Wildman–Crippen LogP) is 3.65. The Morgan fingerprint density at radius 3 is 2.30 bits per heavy atom. The Morgan fingerprint density at radius 2 is 1.70 bits per heavy atom. The monoisotopic (exact) mass is 539 g/mol. The van der Waals surface area contributed by atoms with Gasteiger partial charge in [-0.15, -0.1) is 0 Å². The van der Waals surface area contributed by atoms with E-state index in [1.54, 1.807) is 11.0 Å². The largest absolute Gasteiger partial charge is 0.342 e. The number of halogens is 1. The van der Waals surface area contributed by atoms with Gasteiger partial charge in [0.15, 0.2) is 0 Å². The van der Waals surface area contributed by atoms with Gasteiger partial charge >= 0.3 is 0 Å². The fraction of sp³-hybridized carbons (Fsp3) is 0.667. The van der Waals surface area contributed by atoms with Crippen LogP contribution in [0, 0.1) is 17.8 Å². The molecule has 2 fully saturated rings. The number of amides is 2. The first-order valence-corrected chi connectivity index (χ1v) is 14.3. The number of piperidine rings is 2. The number of anilines is 1. The second-order valence-corrected chi connectivity index (χ2v) is 12.7. The Labute approximate surface area is 205 Å². The van der Waals surface area contributed by atoms with Gasteiger partial charge in [-0.1, -0.05) is 20.8 Å². The standard InChI is InChI=1S/C24H34BrN3O4S/c1-4-23(29)28-10-7-19-12-20(25)22(13-21(19)28)33(31,32)27-8-5-18(6-9-27)24(30)26-14-16(2)11-17(3)15-26/h12-13,16-18H,4-11,14-15H2,1-3H3/t16-,17-/m1/s1. The number of likely N-dealkylation sites (tertiary alicyclic amines) is 1. The summed E-state index contributed by atoms with van der Waals surface area (Å²) >= 11 is 3.45. The van der Waals surface area contributed by atoms with Crippen molar-refractivity contribution >= 4 is 43.5 Å². The zero-order valence-electron chi connectivity index (χ0n) is 19.7. The van der Waals surface area contributed by atoms with Gasteiger partial charge in [0, 0.05) is 55.2 Å². The van der Waals surface area contributed by atoms with Gasteiger partial charge in [0.2, 0.25) is 21.8 Å². The van der Waals surface area contributed by atoms with Crippen LogP contribution in [-0.4, -0.2) is 62.2 Å². The molecule has 0 bridgehead atoms. The first kappa shape index (κ1) is 24.7. The van der Waals surface area contributed by atoms with Crippen molar-refractivity contribution in [3.8, 4) is 0 Å². The van der Waals surface area contributed by atoms with E-state index in [1.807, 2.05) is 17.9 Å². The van der Waals surface area contributed by atoms with Crippen molar-refractivity contribution in [3.63, 3.8) is 0 Å². The second kappa shape index (κ2) is 9.66. The Hall–Kier alpha value is -1.45. The maximum absolute atomic E-state index is 13.5. The molecule has 1 aromatic carbocycles. The maximum atomic E-state index is 13.5. The number of carbonyl (C=O) groups excluding carboxylic acids is 2. The van der Waals surface area contributed by atoms with Gasteiger partial charge in [-0.05, 0) is 71.1 Å². The summed E-state index contributed by atoms with van der Waals surface area (Å²) in [5.74, 6) is 1.08. The molecule has 2 amide bonds. The third-order valence-electron chi connectivity index (χ3n) is 7.23. The molecule has 1 aromatic rings. The normalized spacial score (nSPS) is 24.7. The molecule has 3 heterocycles. The minimum absolute atomic E-state index is 0.0000894. The molecule has 3 aliphatic rings. The van der Waals surface area contributed by atoms with Crippen LogP contribution in [0.2, 0.25) is 0 Å². The third-order valence-corrected chi connectivity index (χ3v) is 10.1. The van der Waals surface area contributed by atoms with E-state index in [-0.39, 0.29) is 22.6 Å². The minimum atomic E-state index is -3.74. The molecule has 0 aromatic heterocycles. The molecule has 0 saturated carbocycles. The summed E-state index contributed by atoms with van der Waals surface area (Å²) in [4.78, 5) is 29.3. The van der Waals surface area contributed by atoms with Crippen LogP contribution in [0.4, 0.5) is 5.69 Å². The van der Waals surface area contributed by atoms with Crippen LogP contribution in [0.15, 0.2) is 21.5 Å². The van der Waals surface area contributed by atoms with E-state index in [0.717, 1.165) is 31.5 Å². The fourth-order valence-corrected chi connectivity index (χ4v) is 8.16. The molecular weight excluding hydrogens is 506 g/mol. The number of hydrogen-bond donors (Lipinski definition) is 0. The predicted molar refractivity (Wildman–Crippen MR) is 131 cm³/mol. The summed E-state index contributed by atoms with van der Waals surface area (Å²) in [5, 5.41) is 0. The Balaban J connectivity index is 1.48. The molecule has 4 rings (SSSR count). The van der Waals surface area contributed by atoms with E-state index in [9.17, 15) is 18.0 Å². The number of carbonyl (C=O) groups is 2. The molecule has 0 aliphatic carbocycles. The average Bonchev–Trinajstić information content (AvgIpc) is 3.19. The van der Waals surface area contributed by atoms with E-state index < -0.39 is 10.0 Å². The highest BCUT2D eigenvalue weighted by Crippen LogP contribution is 2.38. The average molecular weight is 541 g/mol. The van der Waals surface area contributed by atoms with E-state index in [0.29, 0.717) is 60.9 Å². The Kier molecular flexibility index (Phi) is 7.22. The van der Waals surface area contributed by atoms with Gasteiger partial charge in [-0.3, -0.25) is 9.59 Å². The second-order valence-electron chi connectivity index (χ2n) is 9.93. The molecule has 0 spiro atoms. The first-order valence-electron chi connectivity index (χ1n) is 12.0. The lowest BCUT2D eigenvalue weighted by Crippen LogP contribution is -2.48. The number of fused-ring (bicyclic) bond motifs is 1. The molecule has 182 valence electrons. The van der Waals surface area contributed by atoms with Gasteiger partial charge < -0.3 is 9.80 Å². The lowest BCUT2D eigenvalue weighted by atomic mass is 9.89. The van der Waals surface area contributed by atoms with Gasteiger partial charge in [-0.2, -0.15) is 4.31 Å². The van der Waals surface area contributed by atoms with Crippen LogP contribution in [-0.2, 0) is 26.0 Å². The summed E-state index contributed by atoms with van der Waals surface area (Å²) < 4.78 is 29.1. The summed E-state index contributed by atoms with van der Waals surface area (Å²) in [6, 6.07) is 3.48. The van der Waals surface area contributed by atoms with Crippen molar-refractivity contribution < 1.29 is 18.0 Å². The molecule has 33 heavy (non-hydrogen) atoms. The highest BCUT2D eigenvalue weighted by molar-refractivity contribution is 9.10. The van der Waals surface area contributed by atoms with E-state index in [2.05, 4.69) is 29.8 Å². The lowest BCUT2D eigenvalue weighted by molar-refractivity contribution is -0.139. The number of nitrogens with zero attached hydrogens (tertiary/aromatic N) is 3. The minimum Gasteiger partial charge on any atom is -0.342 e. The first-order chi connectivity index (χ1) is 15.6. The number of benzene rings is 1. The molecule has 2 saturated heterocycles. The van der Waals surface area contributed by atoms with Crippen molar-refractivity contribution in [1.82, 2.24) is 9.21 Å². The molecule has 9 heteroatoms. The number of sulfonamides is 1. The molecule has 3 aliphatic heterocycles. The molecule has 0 radical (unpaired) electrons. The highest BCUT2D eigenvalue weighted by atomic mass is 79.9.